The molecule has 0 spiro atoms. The van der Waals surface area contributed by atoms with Gasteiger partial charge in [-0.1, -0.05) is 44.2 Å². The summed E-state index contributed by atoms with van der Waals surface area (Å²) in [7, 11) is 0. The third kappa shape index (κ3) is 5.19. The van der Waals surface area contributed by atoms with Crippen LogP contribution >= 0.6 is 0 Å². The van der Waals surface area contributed by atoms with Crippen LogP contribution in [0.25, 0.3) is 0 Å². The van der Waals surface area contributed by atoms with E-state index in [0.29, 0.717) is 17.2 Å². The van der Waals surface area contributed by atoms with Crippen molar-refractivity contribution in [3.05, 3.63) is 65.5 Å². The summed E-state index contributed by atoms with van der Waals surface area (Å²) >= 11 is 0. The number of hydrogen-bond donors (Lipinski definition) is 2. The molecule has 0 saturated carbocycles. The van der Waals surface area contributed by atoms with E-state index in [9.17, 15) is 14.0 Å². The molecule has 2 rings (SSSR count). The third-order valence-corrected chi connectivity index (χ3v) is 3.62. The van der Waals surface area contributed by atoms with E-state index in [-0.39, 0.29) is 18.8 Å². The molecule has 126 valence electrons. The molecule has 0 aliphatic carbocycles. The van der Waals surface area contributed by atoms with Crippen molar-refractivity contribution < 1.29 is 14.0 Å². The van der Waals surface area contributed by atoms with E-state index in [4.69, 9.17) is 0 Å². The topological polar surface area (TPSA) is 58.2 Å². The van der Waals surface area contributed by atoms with E-state index in [1.54, 1.807) is 18.2 Å². The first-order valence-electron chi connectivity index (χ1n) is 7.85. The van der Waals surface area contributed by atoms with E-state index < -0.39 is 11.8 Å². The van der Waals surface area contributed by atoms with Crippen molar-refractivity contribution in [3.63, 3.8) is 0 Å². The lowest BCUT2D eigenvalue weighted by atomic mass is 10.0. The van der Waals surface area contributed by atoms with E-state index in [0.717, 1.165) is 0 Å². The van der Waals surface area contributed by atoms with Crippen LogP contribution in [0, 0.1) is 5.82 Å². The molecule has 0 unspecified atom stereocenters. The molecule has 0 heterocycles. The Balaban J connectivity index is 1.81. The summed E-state index contributed by atoms with van der Waals surface area (Å²) in [4.78, 5) is 23.7. The smallest absolute Gasteiger partial charge is 0.233 e. The number of carbonyl (C=O) groups excluding carboxylic acids is 2. The minimum Gasteiger partial charge on any atom is -0.351 e. The van der Waals surface area contributed by atoms with E-state index in [2.05, 4.69) is 24.5 Å². The number of nitrogens with one attached hydrogen (secondary N) is 2. The largest absolute Gasteiger partial charge is 0.351 e. The Morgan fingerprint density at radius 1 is 1.00 bits per heavy atom. The SMILES string of the molecule is CC(C)c1ccc(NC(=O)CC(=O)NCc2ccccc2F)cc1. The highest BCUT2D eigenvalue weighted by atomic mass is 19.1. The van der Waals surface area contributed by atoms with Crippen LogP contribution in [-0.2, 0) is 16.1 Å². The fourth-order valence-corrected chi connectivity index (χ4v) is 2.20. The van der Waals surface area contributed by atoms with Crippen molar-refractivity contribution in [2.75, 3.05) is 5.32 Å². The summed E-state index contributed by atoms with van der Waals surface area (Å²) in [5.74, 6) is -0.820. The molecule has 2 N–H and O–H groups in total. The van der Waals surface area contributed by atoms with E-state index >= 15 is 0 Å². The summed E-state index contributed by atoms with van der Waals surface area (Å²) in [6.07, 6.45) is -0.305. The van der Waals surface area contributed by atoms with Crippen molar-refractivity contribution >= 4 is 17.5 Å². The molecule has 2 aromatic carbocycles. The van der Waals surface area contributed by atoms with Gasteiger partial charge in [0.25, 0.3) is 0 Å². The number of amides is 2. The van der Waals surface area contributed by atoms with E-state index in [1.807, 2.05) is 24.3 Å². The fourth-order valence-electron chi connectivity index (χ4n) is 2.20. The highest BCUT2D eigenvalue weighted by Gasteiger charge is 2.10. The number of anilines is 1. The predicted octanol–water partition coefficient (Wildman–Crippen LogP) is 3.59. The van der Waals surface area contributed by atoms with Crippen LogP contribution in [0.2, 0.25) is 0 Å². The number of benzene rings is 2. The molecule has 24 heavy (non-hydrogen) atoms. The second-order valence-electron chi connectivity index (χ2n) is 5.87. The highest BCUT2D eigenvalue weighted by Crippen LogP contribution is 2.17. The van der Waals surface area contributed by atoms with Crippen LogP contribution in [0.5, 0.6) is 0 Å². The second kappa shape index (κ2) is 8.24. The number of rotatable bonds is 6. The Bertz CT molecular complexity index is 712. The number of halogens is 1. The van der Waals surface area contributed by atoms with Crippen molar-refractivity contribution in [1.82, 2.24) is 5.32 Å². The molecule has 4 nitrogen and oxygen atoms in total. The van der Waals surface area contributed by atoms with Crippen LogP contribution < -0.4 is 10.6 Å². The number of carbonyl (C=O) groups is 2. The van der Waals surface area contributed by atoms with Gasteiger partial charge < -0.3 is 10.6 Å². The standard InChI is InChI=1S/C19H21FN2O2/c1-13(2)14-7-9-16(10-8-14)22-19(24)11-18(23)21-12-15-5-3-4-6-17(15)20/h3-10,13H,11-12H2,1-2H3,(H,21,23)(H,22,24). The molecule has 0 bridgehead atoms. The first-order chi connectivity index (χ1) is 11.5. The van der Waals surface area contributed by atoms with Crippen LogP contribution in [0.3, 0.4) is 0 Å². The Hall–Kier alpha value is -2.69. The van der Waals surface area contributed by atoms with Gasteiger partial charge in [0.2, 0.25) is 11.8 Å². The molecular formula is C19H21FN2O2. The lowest BCUT2D eigenvalue weighted by Crippen LogP contribution is -2.28. The van der Waals surface area contributed by atoms with Crippen molar-refractivity contribution in [3.8, 4) is 0 Å². The molecule has 2 amide bonds. The van der Waals surface area contributed by atoms with Crippen LogP contribution in [0.1, 0.15) is 37.3 Å². The monoisotopic (exact) mass is 328 g/mol. The second-order valence-corrected chi connectivity index (χ2v) is 5.87. The van der Waals surface area contributed by atoms with Gasteiger partial charge in [-0.25, -0.2) is 4.39 Å². The molecule has 0 aliphatic heterocycles. The minimum atomic E-state index is -0.449. The summed E-state index contributed by atoms with van der Waals surface area (Å²) in [5.41, 5.74) is 2.21. The fraction of sp³-hybridized carbons (Fsp3) is 0.263. The normalized spacial score (nSPS) is 10.5. The predicted molar refractivity (Wildman–Crippen MR) is 92.0 cm³/mol. The quantitative estimate of drug-likeness (QED) is 0.796. The summed E-state index contributed by atoms with van der Waals surface area (Å²) in [6, 6.07) is 13.7. The lowest BCUT2D eigenvalue weighted by Gasteiger charge is -2.09. The molecule has 0 radical (unpaired) electrons. The first kappa shape index (κ1) is 17.7. The number of hydrogen-bond acceptors (Lipinski definition) is 2. The van der Waals surface area contributed by atoms with Gasteiger partial charge in [0, 0.05) is 17.8 Å². The average molecular weight is 328 g/mol. The Morgan fingerprint density at radius 2 is 1.67 bits per heavy atom. The molecule has 2 aromatic rings. The maximum absolute atomic E-state index is 13.4. The van der Waals surface area contributed by atoms with Gasteiger partial charge in [0.1, 0.15) is 12.2 Å². The van der Waals surface area contributed by atoms with Crippen molar-refractivity contribution in [2.45, 2.75) is 32.7 Å². The minimum absolute atomic E-state index is 0.0574. The maximum atomic E-state index is 13.4. The van der Waals surface area contributed by atoms with Gasteiger partial charge in [0.15, 0.2) is 0 Å². The van der Waals surface area contributed by atoms with E-state index in [1.165, 1.54) is 11.6 Å². The zero-order valence-electron chi connectivity index (χ0n) is 13.8. The Morgan fingerprint density at radius 3 is 2.29 bits per heavy atom. The highest BCUT2D eigenvalue weighted by molar-refractivity contribution is 6.03. The first-order valence-corrected chi connectivity index (χ1v) is 7.85. The maximum Gasteiger partial charge on any atom is 0.233 e. The molecule has 5 heteroatoms. The zero-order valence-corrected chi connectivity index (χ0v) is 13.8. The zero-order chi connectivity index (χ0) is 17.5. The van der Waals surface area contributed by atoms with Crippen molar-refractivity contribution in [2.24, 2.45) is 0 Å². The molecule has 0 atom stereocenters. The Kier molecular flexibility index (Phi) is 6.07. The molecule has 0 saturated heterocycles. The van der Waals surface area contributed by atoms with Gasteiger partial charge in [0.05, 0.1) is 0 Å². The van der Waals surface area contributed by atoms with Gasteiger partial charge >= 0.3 is 0 Å². The van der Waals surface area contributed by atoms with Crippen LogP contribution in [0.4, 0.5) is 10.1 Å². The lowest BCUT2D eigenvalue weighted by molar-refractivity contribution is -0.126. The summed E-state index contributed by atoms with van der Waals surface area (Å²) in [5, 5.41) is 5.22. The molecule has 0 aromatic heterocycles. The molecule has 0 aliphatic rings. The summed E-state index contributed by atoms with van der Waals surface area (Å²) < 4.78 is 13.4. The van der Waals surface area contributed by atoms with Crippen LogP contribution in [-0.4, -0.2) is 11.8 Å². The molecule has 0 fully saturated rings. The summed E-state index contributed by atoms with van der Waals surface area (Å²) in [6.45, 7) is 4.24. The van der Waals surface area contributed by atoms with Gasteiger partial charge in [-0.05, 0) is 29.7 Å². The third-order valence-electron chi connectivity index (χ3n) is 3.62. The van der Waals surface area contributed by atoms with Crippen LogP contribution in [0.15, 0.2) is 48.5 Å². The molecular weight excluding hydrogens is 307 g/mol. The average Bonchev–Trinajstić information content (AvgIpc) is 2.54. The van der Waals surface area contributed by atoms with Gasteiger partial charge in [-0.15, -0.1) is 0 Å². The Labute approximate surface area is 141 Å². The van der Waals surface area contributed by atoms with Gasteiger partial charge in [-0.3, -0.25) is 9.59 Å². The van der Waals surface area contributed by atoms with Gasteiger partial charge in [-0.2, -0.15) is 0 Å². The van der Waals surface area contributed by atoms with Crippen molar-refractivity contribution in [1.29, 1.82) is 0 Å².